The molecule has 6 nitrogen and oxygen atoms in total. The van der Waals surface area contributed by atoms with Gasteiger partial charge in [-0.1, -0.05) is 0 Å². The second-order valence-corrected chi connectivity index (χ2v) is 3.02. The molecule has 16 heavy (non-hydrogen) atoms. The third-order valence-corrected chi connectivity index (χ3v) is 2.08. The first-order chi connectivity index (χ1) is 7.74. The van der Waals surface area contributed by atoms with Crippen molar-refractivity contribution >= 4 is 5.95 Å². The lowest BCUT2D eigenvalue weighted by Crippen LogP contribution is -1.91. The van der Waals surface area contributed by atoms with Gasteiger partial charge < -0.3 is 19.7 Å². The smallest absolute Gasteiger partial charge is 0.263 e. The molecule has 0 fully saturated rings. The van der Waals surface area contributed by atoms with Gasteiger partial charge in [-0.2, -0.15) is 4.98 Å². The predicted molar refractivity (Wildman–Crippen MR) is 57.3 cm³/mol. The number of nitrogens with two attached hydrogens (primary N) is 1. The van der Waals surface area contributed by atoms with Crippen molar-refractivity contribution < 1.29 is 14.0 Å². The van der Waals surface area contributed by atoms with E-state index in [1.54, 1.807) is 32.4 Å². The van der Waals surface area contributed by atoms with Crippen LogP contribution in [-0.4, -0.2) is 24.4 Å². The molecule has 6 heteroatoms. The molecule has 0 aliphatic heterocycles. The summed E-state index contributed by atoms with van der Waals surface area (Å²) in [6.07, 6.45) is 0. The lowest BCUT2D eigenvalue weighted by Gasteiger charge is -2.06. The Balaban J connectivity index is 2.48. The van der Waals surface area contributed by atoms with Crippen LogP contribution < -0.4 is 15.2 Å². The van der Waals surface area contributed by atoms with Crippen LogP contribution in [0.5, 0.6) is 11.5 Å². The zero-order valence-corrected chi connectivity index (χ0v) is 8.93. The largest absolute Gasteiger partial charge is 0.497 e. The molecule has 2 N–H and O–H groups in total. The first-order valence-electron chi connectivity index (χ1n) is 4.56. The number of methoxy groups -OCH3 is 2. The summed E-state index contributed by atoms with van der Waals surface area (Å²) in [6.45, 7) is 0. The highest BCUT2D eigenvalue weighted by Crippen LogP contribution is 2.32. The predicted octanol–water partition coefficient (Wildman–Crippen LogP) is 1.34. The minimum absolute atomic E-state index is 0.0906. The molecule has 0 bridgehead atoms. The molecule has 0 amide bonds. The third-order valence-electron chi connectivity index (χ3n) is 2.08. The molecule has 1 aromatic heterocycles. The van der Waals surface area contributed by atoms with Gasteiger partial charge in [-0.15, -0.1) is 0 Å². The van der Waals surface area contributed by atoms with E-state index in [-0.39, 0.29) is 5.95 Å². The van der Waals surface area contributed by atoms with Crippen molar-refractivity contribution in [3.63, 3.8) is 0 Å². The van der Waals surface area contributed by atoms with Crippen molar-refractivity contribution in [2.75, 3.05) is 20.0 Å². The topological polar surface area (TPSA) is 83.4 Å². The minimum atomic E-state index is 0.0906. The number of hydrogen-bond acceptors (Lipinski definition) is 6. The Bertz CT molecular complexity index is 496. The lowest BCUT2D eigenvalue weighted by atomic mass is 10.2. The Kier molecular flexibility index (Phi) is 2.63. The molecule has 84 valence electrons. The average molecular weight is 221 g/mol. The number of rotatable bonds is 3. The summed E-state index contributed by atoms with van der Waals surface area (Å²) in [6, 6.07) is 5.28. The molecule has 1 aromatic carbocycles. The summed E-state index contributed by atoms with van der Waals surface area (Å²) < 4.78 is 15.2. The summed E-state index contributed by atoms with van der Waals surface area (Å²) in [7, 11) is 3.14. The normalized spacial score (nSPS) is 10.1. The SMILES string of the molecule is COc1ccc(-c2nc(N)no2)c(OC)c1. The van der Waals surface area contributed by atoms with E-state index in [9.17, 15) is 0 Å². The van der Waals surface area contributed by atoms with Crippen LogP contribution in [0.2, 0.25) is 0 Å². The molecule has 0 aliphatic rings. The van der Waals surface area contributed by atoms with Crippen molar-refractivity contribution in [2.45, 2.75) is 0 Å². The summed E-state index contributed by atoms with van der Waals surface area (Å²) >= 11 is 0. The molecule has 0 unspecified atom stereocenters. The molecule has 0 radical (unpaired) electrons. The second kappa shape index (κ2) is 4.09. The third kappa shape index (κ3) is 1.77. The molecule has 0 atom stereocenters. The Morgan fingerprint density at radius 2 is 2.06 bits per heavy atom. The Hall–Kier alpha value is -2.24. The maximum absolute atomic E-state index is 5.38. The molecule has 0 aliphatic carbocycles. The summed E-state index contributed by atoms with van der Waals surface area (Å²) in [5.74, 6) is 1.68. The number of nitrogen functional groups attached to an aromatic ring is 1. The van der Waals surface area contributed by atoms with Gasteiger partial charge in [-0.05, 0) is 17.3 Å². The van der Waals surface area contributed by atoms with Gasteiger partial charge in [0.2, 0.25) is 0 Å². The number of ether oxygens (including phenoxy) is 2. The van der Waals surface area contributed by atoms with Gasteiger partial charge in [0.1, 0.15) is 11.5 Å². The van der Waals surface area contributed by atoms with E-state index < -0.39 is 0 Å². The van der Waals surface area contributed by atoms with Crippen molar-refractivity contribution in [3.05, 3.63) is 18.2 Å². The van der Waals surface area contributed by atoms with E-state index in [1.807, 2.05) is 0 Å². The van der Waals surface area contributed by atoms with E-state index in [2.05, 4.69) is 10.1 Å². The zero-order chi connectivity index (χ0) is 11.5. The standard InChI is InChI=1S/C10H11N3O3/c1-14-6-3-4-7(8(5-6)15-2)9-12-10(11)13-16-9/h3-5H,1-2H3,(H2,11,13). The number of hydrogen-bond donors (Lipinski definition) is 1. The van der Waals surface area contributed by atoms with E-state index in [0.717, 1.165) is 0 Å². The summed E-state index contributed by atoms with van der Waals surface area (Å²) in [5, 5.41) is 3.52. The fraction of sp³-hybridized carbons (Fsp3) is 0.200. The molecule has 1 heterocycles. The quantitative estimate of drug-likeness (QED) is 0.841. The molecule has 0 spiro atoms. The van der Waals surface area contributed by atoms with E-state index >= 15 is 0 Å². The Labute approximate surface area is 92.0 Å². The van der Waals surface area contributed by atoms with Crippen molar-refractivity contribution in [1.29, 1.82) is 0 Å². The van der Waals surface area contributed by atoms with Crippen LogP contribution in [-0.2, 0) is 0 Å². The fourth-order valence-electron chi connectivity index (χ4n) is 1.32. The molecule has 0 saturated heterocycles. The lowest BCUT2D eigenvalue weighted by molar-refractivity contribution is 0.391. The first kappa shape index (κ1) is 10.3. The molecular weight excluding hydrogens is 210 g/mol. The van der Waals surface area contributed by atoms with Crippen LogP contribution in [0.15, 0.2) is 22.7 Å². The van der Waals surface area contributed by atoms with E-state index in [4.69, 9.17) is 19.7 Å². The Morgan fingerprint density at radius 1 is 1.25 bits per heavy atom. The van der Waals surface area contributed by atoms with Gasteiger partial charge in [-0.3, -0.25) is 0 Å². The van der Waals surface area contributed by atoms with Crippen molar-refractivity contribution in [1.82, 2.24) is 10.1 Å². The second-order valence-electron chi connectivity index (χ2n) is 3.02. The minimum Gasteiger partial charge on any atom is -0.497 e. The van der Waals surface area contributed by atoms with Gasteiger partial charge in [-0.25, -0.2) is 0 Å². The summed E-state index contributed by atoms with van der Waals surface area (Å²) in [4.78, 5) is 3.92. The van der Waals surface area contributed by atoms with Gasteiger partial charge >= 0.3 is 0 Å². The molecule has 2 aromatic rings. The van der Waals surface area contributed by atoms with Gasteiger partial charge in [0.05, 0.1) is 19.8 Å². The maximum Gasteiger partial charge on any atom is 0.263 e. The molecular formula is C10H11N3O3. The van der Waals surface area contributed by atoms with Crippen LogP contribution in [0.25, 0.3) is 11.5 Å². The molecule has 2 rings (SSSR count). The summed E-state index contributed by atoms with van der Waals surface area (Å²) in [5.41, 5.74) is 6.06. The van der Waals surface area contributed by atoms with Crippen LogP contribution in [0, 0.1) is 0 Å². The van der Waals surface area contributed by atoms with Crippen molar-refractivity contribution in [2.24, 2.45) is 0 Å². The van der Waals surface area contributed by atoms with E-state index in [0.29, 0.717) is 23.0 Å². The molecule has 0 saturated carbocycles. The Morgan fingerprint density at radius 3 is 2.62 bits per heavy atom. The average Bonchev–Trinajstić information content (AvgIpc) is 2.74. The monoisotopic (exact) mass is 221 g/mol. The number of aromatic nitrogens is 2. The number of anilines is 1. The number of nitrogens with zero attached hydrogens (tertiary/aromatic N) is 2. The highest BCUT2D eigenvalue weighted by molar-refractivity contribution is 5.64. The van der Waals surface area contributed by atoms with Crippen LogP contribution in [0.1, 0.15) is 0 Å². The maximum atomic E-state index is 5.38. The highest BCUT2D eigenvalue weighted by Gasteiger charge is 2.13. The van der Waals surface area contributed by atoms with Crippen molar-refractivity contribution in [3.8, 4) is 23.0 Å². The fourth-order valence-corrected chi connectivity index (χ4v) is 1.32. The first-order valence-corrected chi connectivity index (χ1v) is 4.56. The van der Waals surface area contributed by atoms with Crippen LogP contribution in [0.4, 0.5) is 5.95 Å². The number of benzene rings is 1. The van der Waals surface area contributed by atoms with Gasteiger partial charge in [0.25, 0.3) is 11.8 Å². The highest BCUT2D eigenvalue weighted by atomic mass is 16.5. The van der Waals surface area contributed by atoms with E-state index in [1.165, 1.54) is 0 Å². The van der Waals surface area contributed by atoms with Crippen LogP contribution in [0.3, 0.4) is 0 Å². The van der Waals surface area contributed by atoms with Gasteiger partial charge in [0.15, 0.2) is 0 Å². The van der Waals surface area contributed by atoms with Gasteiger partial charge in [0, 0.05) is 6.07 Å². The zero-order valence-electron chi connectivity index (χ0n) is 8.93. The van der Waals surface area contributed by atoms with Crippen LogP contribution >= 0.6 is 0 Å².